The number of carbonyl (C=O) groups is 2. The van der Waals surface area contributed by atoms with Crippen LogP contribution in [0, 0.1) is 18.3 Å². The number of aliphatic hydroxyl groups excluding tert-OH is 1. The van der Waals surface area contributed by atoms with Gasteiger partial charge in [0, 0.05) is 11.3 Å². The molecule has 7 nitrogen and oxygen atoms in total. The van der Waals surface area contributed by atoms with E-state index in [4.69, 9.17) is 14.4 Å². The zero-order valence-electron chi connectivity index (χ0n) is 17.9. The van der Waals surface area contributed by atoms with Crippen molar-refractivity contribution in [3.63, 3.8) is 0 Å². The van der Waals surface area contributed by atoms with Crippen LogP contribution in [-0.2, 0) is 16.0 Å². The van der Waals surface area contributed by atoms with Crippen molar-refractivity contribution in [2.45, 2.75) is 25.8 Å². The third-order valence-corrected chi connectivity index (χ3v) is 5.93. The summed E-state index contributed by atoms with van der Waals surface area (Å²) in [4.78, 5) is 27.6. The molecule has 2 aromatic carbocycles. The number of aryl methyl sites for hydroxylation is 2. The maximum absolute atomic E-state index is 13.2. The van der Waals surface area contributed by atoms with Crippen LogP contribution in [0.4, 0.5) is 5.69 Å². The third-order valence-electron chi connectivity index (χ3n) is 5.93. The number of hydrogen-bond donors (Lipinski definition) is 1. The van der Waals surface area contributed by atoms with Crippen LogP contribution in [0.2, 0.25) is 0 Å². The van der Waals surface area contributed by atoms with E-state index in [9.17, 15) is 14.7 Å². The Balaban J connectivity index is 1.67. The number of aliphatic hydroxyl groups is 1. The molecule has 1 aromatic heterocycles. The second kappa shape index (κ2) is 7.99. The summed E-state index contributed by atoms with van der Waals surface area (Å²) in [5, 5.41) is 20.3. The number of anilines is 1. The third kappa shape index (κ3) is 3.46. The topological polar surface area (TPSA) is 104 Å². The lowest BCUT2D eigenvalue weighted by Crippen LogP contribution is -2.29. The largest absolute Gasteiger partial charge is 0.507 e. The molecular weight excluding hydrogens is 420 g/mol. The van der Waals surface area contributed by atoms with E-state index in [1.165, 1.54) is 4.90 Å². The summed E-state index contributed by atoms with van der Waals surface area (Å²) < 4.78 is 11.4. The maximum Gasteiger partial charge on any atom is 0.300 e. The Labute approximate surface area is 190 Å². The van der Waals surface area contributed by atoms with E-state index in [-0.39, 0.29) is 11.3 Å². The number of ketones is 1. The first-order valence-electron chi connectivity index (χ1n) is 10.6. The van der Waals surface area contributed by atoms with Crippen LogP contribution in [0.3, 0.4) is 0 Å². The first kappa shape index (κ1) is 20.6. The summed E-state index contributed by atoms with van der Waals surface area (Å²) in [5.74, 6) is -0.113. The van der Waals surface area contributed by atoms with E-state index < -0.39 is 17.7 Å². The second-order valence-corrected chi connectivity index (χ2v) is 8.05. The molecule has 164 valence electrons. The molecule has 0 saturated carbocycles. The molecule has 1 N–H and O–H groups in total. The van der Waals surface area contributed by atoms with E-state index in [0.717, 1.165) is 24.2 Å². The van der Waals surface area contributed by atoms with Gasteiger partial charge in [0.05, 0.1) is 23.8 Å². The van der Waals surface area contributed by atoms with Gasteiger partial charge in [0.25, 0.3) is 11.7 Å². The van der Waals surface area contributed by atoms with Crippen LogP contribution in [-0.4, -0.2) is 23.4 Å². The number of ether oxygens (including phenoxy) is 1. The zero-order valence-corrected chi connectivity index (χ0v) is 17.9. The maximum atomic E-state index is 13.2. The SMILES string of the molecule is Cc1ccc(C2/C(=C(/O)c3ccc4c(c3)CCCO4)C(=O)C(=O)N2c2ccc(C#N)cc2)o1. The van der Waals surface area contributed by atoms with Crippen molar-refractivity contribution in [3.8, 4) is 11.8 Å². The Morgan fingerprint density at radius 3 is 2.61 bits per heavy atom. The smallest absolute Gasteiger partial charge is 0.300 e. The van der Waals surface area contributed by atoms with E-state index in [1.807, 2.05) is 6.07 Å². The average Bonchev–Trinajstić information content (AvgIpc) is 3.39. The lowest BCUT2D eigenvalue weighted by atomic mass is 9.96. The van der Waals surface area contributed by atoms with Crippen molar-refractivity contribution >= 4 is 23.1 Å². The summed E-state index contributed by atoms with van der Waals surface area (Å²) in [7, 11) is 0. The van der Waals surface area contributed by atoms with Crippen LogP contribution >= 0.6 is 0 Å². The standard InChI is InChI=1S/C26H20N2O5/c1-15-4-10-21(33-15)23-22(24(29)18-7-11-20-17(13-18)3-2-12-32-20)25(30)26(31)28(23)19-8-5-16(14-27)6-9-19/h4-11,13,23,29H,2-3,12H2,1H3/b24-22-. The normalized spacial score (nSPS) is 19.2. The first-order valence-corrected chi connectivity index (χ1v) is 10.6. The highest BCUT2D eigenvalue weighted by Gasteiger charge is 2.48. The Bertz CT molecular complexity index is 1340. The van der Waals surface area contributed by atoms with Crippen molar-refractivity contribution in [3.05, 3.63) is 88.4 Å². The molecule has 0 bridgehead atoms. The molecule has 3 aromatic rings. The van der Waals surface area contributed by atoms with E-state index in [2.05, 4.69) is 0 Å². The van der Waals surface area contributed by atoms with Crippen LogP contribution < -0.4 is 9.64 Å². The molecule has 7 heteroatoms. The number of carbonyl (C=O) groups excluding carboxylic acids is 2. The molecule has 1 unspecified atom stereocenters. The monoisotopic (exact) mass is 440 g/mol. The minimum atomic E-state index is -0.945. The van der Waals surface area contributed by atoms with Crippen LogP contribution in [0.1, 0.15) is 40.7 Å². The number of rotatable bonds is 3. The van der Waals surface area contributed by atoms with Gasteiger partial charge in [0.2, 0.25) is 0 Å². The van der Waals surface area contributed by atoms with Gasteiger partial charge in [0.15, 0.2) is 0 Å². The molecule has 1 fully saturated rings. The van der Waals surface area contributed by atoms with Gasteiger partial charge < -0.3 is 14.3 Å². The number of furan rings is 1. The fraction of sp³-hybridized carbons (Fsp3) is 0.192. The van der Waals surface area contributed by atoms with Gasteiger partial charge in [-0.15, -0.1) is 0 Å². The highest BCUT2D eigenvalue weighted by molar-refractivity contribution is 6.51. The van der Waals surface area contributed by atoms with E-state index in [0.29, 0.717) is 34.9 Å². The van der Waals surface area contributed by atoms with Crippen molar-refractivity contribution in [1.29, 1.82) is 5.26 Å². The molecule has 33 heavy (non-hydrogen) atoms. The predicted octanol–water partition coefficient (Wildman–Crippen LogP) is 4.41. The van der Waals surface area contributed by atoms with Crippen LogP contribution in [0.15, 0.2) is 64.6 Å². The summed E-state index contributed by atoms with van der Waals surface area (Å²) in [5.41, 5.74) is 2.18. The van der Waals surface area contributed by atoms with Crippen molar-refractivity contribution in [2.75, 3.05) is 11.5 Å². The van der Waals surface area contributed by atoms with E-state index >= 15 is 0 Å². The summed E-state index contributed by atoms with van der Waals surface area (Å²) in [6.07, 6.45) is 1.67. The molecule has 2 aliphatic heterocycles. The highest BCUT2D eigenvalue weighted by atomic mass is 16.5. The minimum absolute atomic E-state index is 0.0459. The highest BCUT2D eigenvalue weighted by Crippen LogP contribution is 2.43. The minimum Gasteiger partial charge on any atom is -0.507 e. The van der Waals surface area contributed by atoms with Gasteiger partial charge in [0.1, 0.15) is 29.1 Å². The summed E-state index contributed by atoms with van der Waals surface area (Å²) in [6, 6.07) is 16.1. The number of amides is 1. The summed E-state index contributed by atoms with van der Waals surface area (Å²) in [6.45, 7) is 2.41. The van der Waals surface area contributed by atoms with Crippen molar-refractivity contribution in [2.24, 2.45) is 0 Å². The molecule has 0 aliphatic carbocycles. The van der Waals surface area contributed by atoms with Crippen molar-refractivity contribution in [1.82, 2.24) is 0 Å². The molecule has 3 heterocycles. The van der Waals surface area contributed by atoms with Gasteiger partial charge in [-0.05, 0) is 79.9 Å². The molecule has 2 aliphatic rings. The molecular formula is C26H20N2O5. The molecule has 5 rings (SSSR count). The van der Waals surface area contributed by atoms with Gasteiger partial charge in [-0.25, -0.2) is 0 Å². The molecule has 1 saturated heterocycles. The van der Waals surface area contributed by atoms with Crippen molar-refractivity contribution < 1.29 is 23.8 Å². The Morgan fingerprint density at radius 2 is 1.91 bits per heavy atom. The predicted molar refractivity (Wildman–Crippen MR) is 120 cm³/mol. The Kier molecular flexibility index (Phi) is 4.98. The number of benzene rings is 2. The molecule has 1 amide bonds. The first-order chi connectivity index (χ1) is 16.0. The van der Waals surface area contributed by atoms with Gasteiger partial charge in [-0.1, -0.05) is 0 Å². The Hall–Kier alpha value is -4.31. The Morgan fingerprint density at radius 1 is 1.12 bits per heavy atom. The van der Waals surface area contributed by atoms with E-state index in [1.54, 1.807) is 61.5 Å². The molecule has 0 spiro atoms. The zero-order chi connectivity index (χ0) is 23.1. The number of hydrogen-bond acceptors (Lipinski definition) is 6. The van der Waals surface area contributed by atoms with Gasteiger partial charge >= 0.3 is 0 Å². The fourth-order valence-electron chi connectivity index (χ4n) is 4.33. The fourth-order valence-corrected chi connectivity index (χ4v) is 4.33. The number of fused-ring (bicyclic) bond motifs is 1. The number of nitriles is 1. The number of nitrogens with zero attached hydrogens (tertiary/aromatic N) is 2. The lowest BCUT2D eigenvalue weighted by Gasteiger charge is -2.23. The summed E-state index contributed by atoms with van der Waals surface area (Å²) >= 11 is 0. The van der Waals surface area contributed by atoms with Crippen LogP contribution in [0.5, 0.6) is 5.75 Å². The average molecular weight is 440 g/mol. The number of Topliss-reactive ketones (excluding diaryl/α,β-unsaturated/α-hetero) is 1. The quantitative estimate of drug-likeness (QED) is 0.368. The lowest BCUT2D eigenvalue weighted by molar-refractivity contribution is -0.132. The second-order valence-electron chi connectivity index (χ2n) is 8.05. The van der Waals surface area contributed by atoms with Gasteiger partial charge in [-0.2, -0.15) is 5.26 Å². The molecule has 1 atom stereocenters. The van der Waals surface area contributed by atoms with Gasteiger partial charge in [-0.3, -0.25) is 14.5 Å². The van der Waals surface area contributed by atoms with Crippen LogP contribution in [0.25, 0.3) is 5.76 Å². The molecule has 0 radical (unpaired) electrons.